The van der Waals surface area contributed by atoms with Crippen LogP contribution in [0.5, 0.6) is 0 Å². The molecular weight excluding hydrogens is 489 g/mol. The van der Waals surface area contributed by atoms with Crippen molar-refractivity contribution in [2.45, 2.75) is 39.3 Å². The SMILES string of the molecule is CN=C(NCc1nc(C)c(C)s1)NCC1CCCN(C)C1c1cccs1.I. The molecule has 1 saturated heterocycles. The number of guanidine groups is 1. The first-order chi connectivity index (χ1) is 12.6. The van der Waals surface area contributed by atoms with Gasteiger partial charge in [-0.05, 0) is 57.6 Å². The minimum absolute atomic E-state index is 0. The maximum Gasteiger partial charge on any atom is 0.191 e. The molecule has 0 radical (unpaired) electrons. The highest BCUT2D eigenvalue weighted by molar-refractivity contribution is 14.0. The van der Waals surface area contributed by atoms with Gasteiger partial charge in [0, 0.05) is 29.4 Å². The molecule has 1 fully saturated rings. The summed E-state index contributed by atoms with van der Waals surface area (Å²) in [4.78, 5) is 14.2. The van der Waals surface area contributed by atoms with E-state index >= 15 is 0 Å². The lowest BCUT2D eigenvalue weighted by Crippen LogP contribution is -2.44. The second-order valence-corrected chi connectivity index (χ2v) is 9.17. The van der Waals surface area contributed by atoms with Crippen LogP contribution in [0, 0.1) is 19.8 Å². The lowest BCUT2D eigenvalue weighted by molar-refractivity contribution is 0.125. The number of hydrogen-bond donors (Lipinski definition) is 2. The average molecular weight is 520 g/mol. The first-order valence-corrected chi connectivity index (χ1v) is 10.9. The molecule has 27 heavy (non-hydrogen) atoms. The molecule has 0 aromatic carbocycles. The summed E-state index contributed by atoms with van der Waals surface area (Å²) >= 11 is 3.62. The number of aryl methyl sites for hydroxylation is 2. The first-order valence-electron chi connectivity index (χ1n) is 9.19. The first kappa shape index (κ1) is 22.6. The smallest absolute Gasteiger partial charge is 0.191 e. The minimum Gasteiger partial charge on any atom is -0.356 e. The molecule has 0 amide bonds. The van der Waals surface area contributed by atoms with Gasteiger partial charge in [-0.3, -0.25) is 9.89 Å². The van der Waals surface area contributed by atoms with E-state index in [0.29, 0.717) is 12.0 Å². The molecule has 1 aliphatic rings. The fourth-order valence-corrected chi connectivity index (χ4v) is 5.46. The largest absolute Gasteiger partial charge is 0.356 e. The van der Waals surface area contributed by atoms with Crippen LogP contribution in [-0.4, -0.2) is 43.0 Å². The topological polar surface area (TPSA) is 52.6 Å². The summed E-state index contributed by atoms with van der Waals surface area (Å²) in [6.45, 7) is 7.01. The molecule has 150 valence electrons. The predicted octanol–water partition coefficient (Wildman–Crippen LogP) is 4.19. The van der Waals surface area contributed by atoms with Crippen LogP contribution in [0.15, 0.2) is 22.5 Å². The summed E-state index contributed by atoms with van der Waals surface area (Å²) in [5.41, 5.74) is 1.12. The Hall–Kier alpha value is -0.710. The highest BCUT2D eigenvalue weighted by Gasteiger charge is 2.31. The Morgan fingerprint density at radius 3 is 2.81 bits per heavy atom. The highest BCUT2D eigenvalue weighted by Crippen LogP contribution is 2.36. The lowest BCUT2D eigenvalue weighted by atomic mass is 9.88. The molecule has 8 heteroatoms. The molecule has 2 atom stereocenters. The third kappa shape index (κ3) is 5.88. The van der Waals surface area contributed by atoms with E-state index in [1.54, 1.807) is 11.3 Å². The Balaban J connectivity index is 0.00000261. The Bertz CT molecular complexity index is 709. The highest BCUT2D eigenvalue weighted by atomic mass is 127. The number of halogens is 1. The van der Waals surface area contributed by atoms with Crippen LogP contribution in [0.2, 0.25) is 0 Å². The van der Waals surface area contributed by atoms with E-state index in [-0.39, 0.29) is 24.0 Å². The summed E-state index contributed by atoms with van der Waals surface area (Å²) in [6, 6.07) is 4.93. The van der Waals surface area contributed by atoms with Crippen molar-refractivity contribution < 1.29 is 0 Å². The Morgan fingerprint density at radius 1 is 1.37 bits per heavy atom. The number of rotatable bonds is 5. The van der Waals surface area contributed by atoms with Crippen molar-refractivity contribution in [3.63, 3.8) is 0 Å². The van der Waals surface area contributed by atoms with Crippen LogP contribution in [-0.2, 0) is 6.54 Å². The standard InChI is InChI=1S/C19H29N5S2.HI/c1-13-14(2)26-17(23-13)12-22-19(20-3)21-11-15-7-5-9-24(4)18(15)16-8-6-10-25-16;/h6,8,10,15,18H,5,7,9,11-12H2,1-4H3,(H2,20,21,22);1H. The quantitative estimate of drug-likeness (QED) is 0.354. The predicted molar refractivity (Wildman–Crippen MR) is 128 cm³/mol. The molecule has 1 aliphatic heterocycles. The summed E-state index contributed by atoms with van der Waals surface area (Å²) < 4.78 is 0. The summed E-state index contributed by atoms with van der Waals surface area (Å²) in [5.74, 6) is 1.45. The fraction of sp³-hybridized carbons (Fsp3) is 0.579. The van der Waals surface area contributed by atoms with Crippen LogP contribution in [0.25, 0.3) is 0 Å². The molecule has 2 N–H and O–H groups in total. The Kier molecular flexibility index (Phi) is 8.97. The van der Waals surface area contributed by atoms with E-state index in [4.69, 9.17) is 0 Å². The molecule has 0 spiro atoms. The number of aromatic nitrogens is 1. The normalized spacial score (nSPS) is 21.0. The van der Waals surface area contributed by atoms with Gasteiger partial charge in [0.05, 0.1) is 12.2 Å². The van der Waals surface area contributed by atoms with Gasteiger partial charge in [0.15, 0.2) is 5.96 Å². The van der Waals surface area contributed by atoms with Gasteiger partial charge in [0.1, 0.15) is 5.01 Å². The van der Waals surface area contributed by atoms with Gasteiger partial charge in [-0.2, -0.15) is 0 Å². The molecule has 5 nitrogen and oxygen atoms in total. The fourth-order valence-electron chi connectivity index (χ4n) is 3.60. The van der Waals surface area contributed by atoms with Gasteiger partial charge >= 0.3 is 0 Å². The minimum atomic E-state index is 0. The molecule has 0 aliphatic carbocycles. The molecule has 3 rings (SSSR count). The van der Waals surface area contributed by atoms with Gasteiger partial charge < -0.3 is 10.6 Å². The van der Waals surface area contributed by atoms with Crippen molar-refractivity contribution in [2.24, 2.45) is 10.9 Å². The molecule has 0 saturated carbocycles. The molecule has 2 aromatic rings. The number of thiophene rings is 1. The Labute approximate surface area is 187 Å². The zero-order chi connectivity index (χ0) is 18.5. The van der Waals surface area contributed by atoms with Gasteiger partial charge in [-0.25, -0.2) is 4.98 Å². The van der Waals surface area contributed by atoms with E-state index in [1.165, 1.54) is 29.1 Å². The monoisotopic (exact) mass is 519 g/mol. The second kappa shape index (κ2) is 10.7. The van der Waals surface area contributed by atoms with Crippen molar-refractivity contribution in [3.8, 4) is 0 Å². The van der Waals surface area contributed by atoms with E-state index in [1.807, 2.05) is 18.4 Å². The zero-order valence-corrected chi connectivity index (χ0v) is 20.5. The van der Waals surface area contributed by atoms with Crippen LogP contribution in [0.4, 0.5) is 0 Å². The van der Waals surface area contributed by atoms with E-state index < -0.39 is 0 Å². The van der Waals surface area contributed by atoms with E-state index in [2.05, 4.69) is 63.9 Å². The van der Waals surface area contributed by atoms with Gasteiger partial charge in [0.25, 0.3) is 0 Å². The number of nitrogens with zero attached hydrogens (tertiary/aromatic N) is 3. The van der Waals surface area contributed by atoms with Gasteiger partial charge in [0.2, 0.25) is 0 Å². The van der Waals surface area contributed by atoms with Crippen LogP contribution >= 0.6 is 46.7 Å². The third-order valence-electron chi connectivity index (χ3n) is 5.08. The van der Waals surface area contributed by atoms with E-state index in [0.717, 1.165) is 29.8 Å². The summed E-state index contributed by atoms with van der Waals surface area (Å²) in [5, 5.41) is 10.2. The van der Waals surface area contributed by atoms with Crippen molar-refractivity contribution >= 4 is 52.6 Å². The van der Waals surface area contributed by atoms with Crippen molar-refractivity contribution in [2.75, 3.05) is 27.2 Å². The second-order valence-electron chi connectivity index (χ2n) is 6.90. The van der Waals surface area contributed by atoms with Crippen LogP contribution in [0.1, 0.15) is 39.3 Å². The van der Waals surface area contributed by atoms with Crippen molar-refractivity contribution in [3.05, 3.63) is 38.0 Å². The lowest BCUT2D eigenvalue weighted by Gasteiger charge is -2.39. The maximum atomic E-state index is 4.59. The van der Waals surface area contributed by atoms with Crippen LogP contribution < -0.4 is 10.6 Å². The van der Waals surface area contributed by atoms with Crippen LogP contribution in [0.3, 0.4) is 0 Å². The average Bonchev–Trinajstić information content (AvgIpc) is 3.25. The number of thiazole rings is 1. The summed E-state index contributed by atoms with van der Waals surface area (Å²) in [7, 11) is 4.08. The maximum absolute atomic E-state index is 4.59. The molecule has 3 heterocycles. The van der Waals surface area contributed by atoms with Gasteiger partial charge in [-0.1, -0.05) is 6.07 Å². The number of hydrogen-bond acceptors (Lipinski definition) is 5. The Morgan fingerprint density at radius 2 is 2.19 bits per heavy atom. The van der Waals surface area contributed by atoms with E-state index in [9.17, 15) is 0 Å². The number of aliphatic imine (C=N–C) groups is 1. The molecule has 2 unspecified atom stereocenters. The number of piperidine rings is 1. The number of likely N-dealkylation sites (tertiary alicyclic amines) is 1. The van der Waals surface area contributed by atoms with Crippen molar-refractivity contribution in [1.29, 1.82) is 0 Å². The molecule has 2 aromatic heterocycles. The zero-order valence-electron chi connectivity index (χ0n) is 16.5. The third-order valence-corrected chi connectivity index (χ3v) is 7.09. The number of nitrogens with one attached hydrogen (secondary N) is 2. The molecular formula is C19H30IN5S2. The summed E-state index contributed by atoms with van der Waals surface area (Å²) in [6.07, 6.45) is 2.51. The van der Waals surface area contributed by atoms with Crippen molar-refractivity contribution in [1.82, 2.24) is 20.5 Å². The molecule has 0 bridgehead atoms. The van der Waals surface area contributed by atoms with Gasteiger partial charge in [-0.15, -0.1) is 46.7 Å².